The maximum absolute atomic E-state index is 12.7. The normalized spacial score (nSPS) is 10.9. The summed E-state index contributed by atoms with van der Waals surface area (Å²) in [7, 11) is 0. The third kappa shape index (κ3) is 12.5. The molecule has 0 saturated carbocycles. The van der Waals surface area contributed by atoms with Gasteiger partial charge in [0, 0.05) is 35.2 Å². The van der Waals surface area contributed by atoms with E-state index in [4.69, 9.17) is 9.47 Å². The monoisotopic (exact) mass is 657 g/mol. The first kappa shape index (κ1) is 33.0. The number of carbonyl (C=O) groups excluding carboxylic acids is 4. The predicted octanol–water partition coefficient (Wildman–Crippen LogP) is 5.76. The van der Waals surface area contributed by atoms with Gasteiger partial charge >= 0.3 is 12.2 Å². The fraction of sp³-hybridized carbons (Fsp3) is 0.440. The van der Waals surface area contributed by atoms with Crippen molar-refractivity contribution in [1.29, 1.82) is 0 Å². The molecule has 4 amide bonds. The second kappa shape index (κ2) is 14.2. The van der Waals surface area contributed by atoms with Crippen LogP contribution in [-0.4, -0.2) is 50.2 Å². The zero-order valence-corrected chi connectivity index (χ0v) is 25.8. The van der Waals surface area contributed by atoms with E-state index in [9.17, 15) is 19.2 Å². The van der Waals surface area contributed by atoms with E-state index in [1.54, 1.807) is 53.8 Å². The summed E-state index contributed by atoms with van der Waals surface area (Å²) in [6.07, 6.45) is 1.19. The van der Waals surface area contributed by atoms with E-state index in [1.165, 1.54) is 19.2 Å². The van der Waals surface area contributed by atoms with Gasteiger partial charge in [0.15, 0.2) is 5.82 Å². The Labute approximate surface area is 239 Å². The molecule has 0 radical (unpaired) electrons. The van der Waals surface area contributed by atoms with Crippen LogP contribution in [-0.2, 0) is 25.6 Å². The molecule has 2 aromatic heterocycles. The van der Waals surface area contributed by atoms with Crippen LogP contribution in [0.4, 0.5) is 15.4 Å². The number of ether oxygens (including phenoxy) is 2. The smallest absolute Gasteiger partial charge is 0.437 e. The average Bonchev–Trinajstić information content (AvgIpc) is 2.75. The number of pyridine rings is 2. The number of nitrogens with one attached hydrogen (secondary N) is 1. The molecule has 0 bridgehead atoms. The number of rotatable bonds is 3. The Hall–Kier alpha value is -3.06. The number of carbonyl (C=O) groups is 4. The number of amides is 4. The van der Waals surface area contributed by atoms with Gasteiger partial charge in [-0.25, -0.2) is 14.6 Å². The Kier molecular flexibility index (Phi) is 12.3. The van der Waals surface area contributed by atoms with Crippen molar-refractivity contribution in [2.75, 3.05) is 5.01 Å². The number of halogens is 2. The van der Waals surface area contributed by atoms with Crippen molar-refractivity contribution in [1.82, 2.24) is 20.3 Å². The lowest BCUT2D eigenvalue weighted by Gasteiger charge is -2.33. The van der Waals surface area contributed by atoms with Crippen LogP contribution in [0.2, 0.25) is 0 Å². The van der Waals surface area contributed by atoms with Crippen LogP contribution in [0.1, 0.15) is 61.1 Å². The zero-order valence-electron chi connectivity index (χ0n) is 22.7. The molecular weight excluding hydrogens is 626 g/mol. The number of hydrogen-bond donors (Lipinski definition) is 1. The number of imide groups is 1. The van der Waals surface area contributed by atoms with Gasteiger partial charge in [0.1, 0.15) is 11.2 Å². The maximum atomic E-state index is 12.7. The summed E-state index contributed by atoms with van der Waals surface area (Å²) in [6.45, 7) is 13.1. The van der Waals surface area contributed by atoms with Crippen LogP contribution in [0, 0.1) is 0 Å². The van der Waals surface area contributed by atoms with Gasteiger partial charge in [-0.1, -0.05) is 0 Å². The number of nitrogens with zero attached hydrogens (tertiary/aromatic N) is 4. The van der Waals surface area contributed by atoms with Gasteiger partial charge < -0.3 is 14.8 Å². The van der Waals surface area contributed by atoms with E-state index in [-0.39, 0.29) is 11.7 Å². The minimum Gasteiger partial charge on any atom is -0.442 e. The van der Waals surface area contributed by atoms with Gasteiger partial charge in [-0.3, -0.25) is 14.6 Å². The highest BCUT2D eigenvalue weighted by Crippen LogP contribution is 2.22. The van der Waals surface area contributed by atoms with E-state index in [1.807, 2.05) is 12.1 Å². The standard InChI is InChI=1S/C17H24BrN3O5.C8H9BrN2O/c1-11(22)20(14(23)25-16(2,3)4)21(15(24)26-17(5,6)7)13-9-8-12(18)10-19-13;1-6(12)10-5-8-3-2-7(9)4-11-8/h8-10H,1-7H3;2-4H,5H2,1H3,(H,10,12). The Morgan fingerprint density at radius 1 is 0.816 bits per heavy atom. The van der Waals surface area contributed by atoms with E-state index >= 15 is 0 Å². The zero-order chi connectivity index (χ0) is 29.3. The third-order valence-corrected chi connectivity index (χ3v) is 4.81. The highest BCUT2D eigenvalue weighted by Gasteiger charge is 2.37. The first-order chi connectivity index (χ1) is 17.4. The molecule has 208 valence electrons. The van der Waals surface area contributed by atoms with Crippen LogP contribution in [0.15, 0.2) is 45.6 Å². The number of anilines is 1. The molecule has 0 aliphatic rings. The minimum atomic E-state index is -1.01. The highest BCUT2D eigenvalue weighted by atomic mass is 79.9. The van der Waals surface area contributed by atoms with Crippen molar-refractivity contribution in [2.24, 2.45) is 0 Å². The molecule has 0 aliphatic carbocycles. The molecule has 1 N–H and O–H groups in total. The molecule has 2 rings (SSSR count). The van der Waals surface area contributed by atoms with Crippen LogP contribution in [0.25, 0.3) is 0 Å². The molecule has 0 aliphatic heterocycles. The van der Waals surface area contributed by atoms with Gasteiger partial charge in [0.05, 0.1) is 12.2 Å². The quantitative estimate of drug-likeness (QED) is 0.412. The average molecular weight is 659 g/mol. The van der Waals surface area contributed by atoms with Crippen molar-refractivity contribution in [3.8, 4) is 0 Å². The second-order valence-corrected chi connectivity index (χ2v) is 11.6. The molecule has 2 heterocycles. The fourth-order valence-corrected chi connectivity index (χ4v) is 2.93. The Morgan fingerprint density at radius 2 is 1.32 bits per heavy atom. The van der Waals surface area contributed by atoms with Crippen LogP contribution >= 0.6 is 31.9 Å². The van der Waals surface area contributed by atoms with Gasteiger partial charge in [-0.05, 0) is 97.7 Å². The lowest BCUT2D eigenvalue weighted by Crippen LogP contribution is -2.55. The molecule has 11 nitrogen and oxygen atoms in total. The van der Waals surface area contributed by atoms with Crippen LogP contribution < -0.4 is 10.3 Å². The third-order valence-electron chi connectivity index (χ3n) is 3.87. The van der Waals surface area contributed by atoms with Crippen LogP contribution in [0.5, 0.6) is 0 Å². The summed E-state index contributed by atoms with van der Waals surface area (Å²) in [5, 5.41) is 3.99. The molecule has 0 fully saturated rings. The number of hydrazine groups is 1. The summed E-state index contributed by atoms with van der Waals surface area (Å²) in [6, 6.07) is 6.84. The fourth-order valence-electron chi connectivity index (χ4n) is 2.46. The SMILES string of the molecule is CC(=O)N(C(=O)OC(C)(C)C)N(C(=O)OC(C)(C)C)c1ccc(Br)cn1.CC(=O)NCc1ccc(Br)cn1. The van der Waals surface area contributed by atoms with Crippen molar-refractivity contribution < 1.29 is 28.7 Å². The maximum Gasteiger partial charge on any atom is 0.437 e. The first-order valence-electron chi connectivity index (χ1n) is 11.4. The topological polar surface area (TPSA) is 131 Å². The Balaban J connectivity index is 0.000000499. The van der Waals surface area contributed by atoms with E-state index in [0.29, 0.717) is 16.0 Å². The van der Waals surface area contributed by atoms with E-state index in [0.717, 1.165) is 22.1 Å². The predicted molar refractivity (Wildman–Crippen MR) is 149 cm³/mol. The van der Waals surface area contributed by atoms with Gasteiger partial charge in [0.2, 0.25) is 11.8 Å². The van der Waals surface area contributed by atoms with Crippen molar-refractivity contribution in [2.45, 2.75) is 73.1 Å². The van der Waals surface area contributed by atoms with E-state index < -0.39 is 29.3 Å². The molecule has 0 unspecified atom stereocenters. The summed E-state index contributed by atoms with van der Waals surface area (Å²) in [5.74, 6) is -0.738. The van der Waals surface area contributed by atoms with Gasteiger partial charge in [0.25, 0.3) is 0 Å². The molecule has 13 heteroatoms. The largest absolute Gasteiger partial charge is 0.442 e. The van der Waals surface area contributed by atoms with Gasteiger partial charge in [-0.2, -0.15) is 5.01 Å². The summed E-state index contributed by atoms with van der Waals surface area (Å²) < 4.78 is 12.2. The lowest BCUT2D eigenvalue weighted by atomic mass is 10.2. The summed E-state index contributed by atoms with van der Waals surface area (Å²) in [5.41, 5.74) is -0.855. The molecule has 2 aromatic rings. The highest BCUT2D eigenvalue weighted by molar-refractivity contribution is 9.10. The minimum absolute atomic E-state index is 0.0310. The van der Waals surface area contributed by atoms with Crippen molar-refractivity contribution in [3.05, 3.63) is 51.3 Å². The van der Waals surface area contributed by atoms with Gasteiger partial charge in [-0.15, -0.1) is 5.01 Å². The second-order valence-electron chi connectivity index (χ2n) is 9.82. The number of hydrogen-bond acceptors (Lipinski definition) is 8. The molecular formula is C25H33Br2N5O6. The van der Waals surface area contributed by atoms with Crippen molar-refractivity contribution in [3.63, 3.8) is 0 Å². The molecule has 0 saturated heterocycles. The molecule has 0 spiro atoms. The number of aromatic nitrogens is 2. The Morgan fingerprint density at radius 3 is 1.71 bits per heavy atom. The lowest BCUT2D eigenvalue weighted by molar-refractivity contribution is -0.128. The molecule has 38 heavy (non-hydrogen) atoms. The molecule has 0 aromatic carbocycles. The van der Waals surface area contributed by atoms with Crippen molar-refractivity contribution >= 4 is 61.7 Å². The summed E-state index contributed by atoms with van der Waals surface area (Å²) in [4.78, 5) is 56.1. The summed E-state index contributed by atoms with van der Waals surface area (Å²) >= 11 is 6.52. The van der Waals surface area contributed by atoms with E-state index in [2.05, 4.69) is 47.1 Å². The Bertz CT molecular complexity index is 1110. The molecule has 0 atom stereocenters. The van der Waals surface area contributed by atoms with Crippen LogP contribution in [0.3, 0.4) is 0 Å². The first-order valence-corrected chi connectivity index (χ1v) is 13.0.